The molecule has 0 aliphatic carbocycles. The summed E-state index contributed by atoms with van der Waals surface area (Å²) in [6.07, 6.45) is 0.428. The quantitative estimate of drug-likeness (QED) is 0.886. The van der Waals surface area contributed by atoms with Crippen LogP contribution in [0.5, 0.6) is 11.5 Å². The van der Waals surface area contributed by atoms with Crippen LogP contribution in [0.2, 0.25) is 0 Å². The molecule has 0 fully saturated rings. The molecule has 0 aromatic heterocycles. The fourth-order valence-electron chi connectivity index (χ4n) is 2.48. The van der Waals surface area contributed by atoms with E-state index in [0.717, 1.165) is 23.3 Å². The van der Waals surface area contributed by atoms with Crippen molar-refractivity contribution >= 4 is 0 Å². The number of ether oxygens (including phenoxy) is 1. The number of phenols is 1. The van der Waals surface area contributed by atoms with Crippen LogP contribution in [0.4, 0.5) is 0 Å². The predicted octanol–water partition coefficient (Wildman–Crippen LogP) is 2.30. The molecule has 0 spiro atoms. The summed E-state index contributed by atoms with van der Waals surface area (Å²) in [5, 5.41) is 19.7. The van der Waals surface area contributed by atoms with E-state index in [9.17, 15) is 10.2 Å². The summed E-state index contributed by atoms with van der Waals surface area (Å²) in [7, 11) is 0. The molecule has 0 amide bonds. The second-order valence-electron chi connectivity index (χ2n) is 4.91. The van der Waals surface area contributed by atoms with E-state index in [1.807, 2.05) is 30.3 Å². The molecule has 3 rings (SSSR count). The van der Waals surface area contributed by atoms with E-state index >= 15 is 0 Å². The fraction of sp³-hybridized carbons (Fsp3) is 0.250. The first-order chi connectivity index (χ1) is 9.22. The zero-order valence-electron chi connectivity index (χ0n) is 10.5. The van der Waals surface area contributed by atoms with Crippen molar-refractivity contribution in [2.24, 2.45) is 0 Å². The highest BCUT2D eigenvalue weighted by atomic mass is 16.5. The average molecular weight is 256 g/mol. The third-order valence-corrected chi connectivity index (χ3v) is 3.46. The van der Waals surface area contributed by atoms with Gasteiger partial charge in [0.2, 0.25) is 0 Å². The van der Waals surface area contributed by atoms with Crippen molar-refractivity contribution in [2.75, 3.05) is 0 Å². The second kappa shape index (κ2) is 4.94. The lowest BCUT2D eigenvalue weighted by atomic mass is 10.0. The van der Waals surface area contributed by atoms with Gasteiger partial charge in [-0.2, -0.15) is 0 Å². The average Bonchev–Trinajstić information content (AvgIpc) is 2.82. The summed E-state index contributed by atoms with van der Waals surface area (Å²) in [5.41, 5.74) is 2.05. The van der Waals surface area contributed by atoms with Crippen LogP contribution in [0.25, 0.3) is 0 Å². The Morgan fingerprint density at radius 3 is 2.79 bits per heavy atom. The Bertz CT molecular complexity index is 555. The first kappa shape index (κ1) is 12.1. The van der Waals surface area contributed by atoms with Gasteiger partial charge in [-0.25, -0.2) is 0 Å². The van der Waals surface area contributed by atoms with Crippen LogP contribution in [0.15, 0.2) is 48.5 Å². The zero-order valence-corrected chi connectivity index (χ0v) is 10.5. The highest BCUT2D eigenvalue weighted by Gasteiger charge is 2.28. The number of rotatable bonds is 3. The van der Waals surface area contributed by atoms with E-state index in [2.05, 4.69) is 0 Å². The Labute approximate surface area is 112 Å². The predicted molar refractivity (Wildman–Crippen MR) is 72.4 cm³/mol. The first-order valence-corrected chi connectivity index (χ1v) is 6.43. The molecular formula is C16H16O3. The van der Waals surface area contributed by atoms with Crippen LogP contribution >= 0.6 is 0 Å². The number of hydrogen-bond donors (Lipinski definition) is 2. The van der Waals surface area contributed by atoms with Gasteiger partial charge in [0.05, 0.1) is 6.10 Å². The molecule has 98 valence electrons. The largest absolute Gasteiger partial charge is 0.508 e. The number of fused-ring (bicyclic) bond motifs is 1. The Kier molecular flexibility index (Phi) is 3.13. The van der Waals surface area contributed by atoms with Crippen LogP contribution in [0, 0.1) is 0 Å². The highest BCUT2D eigenvalue weighted by molar-refractivity contribution is 5.37. The summed E-state index contributed by atoms with van der Waals surface area (Å²) < 4.78 is 5.76. The smallest absolute Gasteiger partial charge is 0.129 e. The molecule has 1 aliphatic rings. The number of benzene rings is 2. The molecule has 19 heavy (non-hydrogen) atoms. The maximum atomic E-state index is 10.3. The zero-order chi connectivity index (χ0) is 13.2. The van der Waals surface area contributed by atoms with Crippen molar-refractivity contribution in [3.63, 3.8) is 0 Å². The Morgan fingerprint density at radius 2 is 2.00 bits per heavy atom. The maximum Gasteiger partial charge on any atom is 0.129 e. The monoisotopic (exact) mass is 256 g/mol. The number of aliphatic hydroxyl groups is 1. The molecule has 1 aliphatic heterocycles. The van der Waals surface area contributed by atoms with E-state index in [4.69, 9.17) is 4.74 Å². The van der Waals surface area contributed by atoms with Crippen molar-refractivity contribution in [3.05, 3.63) is 59.7 Å². The summed E-state index contributed by atoms with van der Waals surface area (Å²) >= 11 is 0. The molecule has 1 heterocycles. The molecule has 2 atom stereocenters. The molecule has 2 aromatic carbocycles. The van der Waals surface area contributed by atoms with Gasteiger partial charge in [0, 0.05) is 12.8 Å². The van der Waals surface area contributed by atoms with Crippen molar-refractivity contribution in [3.8, 4) is 11.5 Å². The summed E-state index contributed by atoms with van der Waals surface area (Å²) in [6.45, 7) is 0. The van der Waals surface area contributed by atoms with Crippen LogP contribution in [0.1, 0.15) is 11.1 Å². The van der Waals surface area contributed by atoms with E-state index in [-0.39, 0.29) is 11.9 Å². The normalized spacial score (nSPS) is 18.7. The third-order valence-electron chi connectivity index (χ3n) is 3.46. The second-order valence-corrected chi connectivity index (χ2v) is 4.91. The van der Waals surface area contributed by atoms with Gasteiger partial charge in [-0.15, -0.1) is 0 Å². The van der Waals surface area contributed by atoms with Crippen molar-refractivity contribution in [2.45, 2.75) is 25.0 Å². The van der Waals surface area contributed by atoms with E-state index in [1.54, 1.807) is 18.2 Å². The van der Waals surface area contributed by atoms with Crippen LogP contribution in [-0.4, -0.2) is 22.4 Å². The van der Waals surface area contributed by atoms with Crippen molar-refractivity contribution in [1.29, 1.82) is 0 Å². The molecule has 3 heteroatoms. The Morgan fingerprint density at radius 1 is 1.16 bits per heavy atom. The molecular weight excluding hydrogens is 240 g/mol. The number of aromatic hydroxyl groups is 1. The molecule has 2 unspecified atom stereocenters. The van der Waals surface area contributed by atoms with Gasteiger partial charge >= 0.3 is 0 Å². The number of aliphatic hydroxyl groups excluding tert-OH is 1. The minimum absolute atomic E-state index is 0.209. The Hall–Kier alpha value is -2.00. The van der Waals surface area contributed by atoms with E-state index < -0.39 is 6.10 Å². The number of hydrogen-bond acceptors (Lipinski definition) is 3. The third kappa shape index (κ3) is 2.56. The van der Waals surface area contributed by atoms with Gasteiger partial charge in [-0.3, -0.25) is 0 Å². The van der Waals surface area contributed by atoms with Crippen LogP contribution < -0.4 is 4.74 Å². The summed E-state index contributed by atoms with van der Waals surface area (Å²) in [5.74, 6) is 1.09. The fourth-order valence-corrected chi connectivity index (χ4v) is 2.48. The maximum absolute atomic E-state index is 10.3. The Balaban J connectivity index is 1.68. The van der Waals surface area contributed by atoms with Gasteiger partial charge in [0.1, 0.15) is 17.6 Å². The lowest BCUT2D eigenvalue weighted by molar-refractivity contribution is 0.0503. The summed E-state index contributed by atoms with van der Waals surface area (Å²) in [4.78, 5) is 0. The number of phenolic OH excluding ortho intramolecular Hbond substituents is 1. The minimum atomic E-state index is -0.575. The molecule has 2 aromatic rings. The molecule has 0 radical (unpaired) electrons. The number of para-hydroxylation sites is 1. The van der Waals surface area contributed by atoms with Crippen LogP contribution in [0.3, 0.4) is 0 Å². The van der Waals surface area contributed by atoms with E-state index in [1.165, 1.54) is 0 Å². The van der Waals surface area contributed by atoms with Gasteiger partial charge < -0.3 is 14.9 Å². The van der Waals surface area contributed by atoms with E-state index in [0.29, 0.717) is 6.42 Å². The van der Waals surface area contributed by atoms with Gasteiger partial charge in [0.25, 0.3) is 0 Å². The lowest BCUT2D eigenvalue weighted by Crippen LogP contribution is -2.31. The van der Waals surface area contributed by atoms with Crippen molar-refractivity contribution in [1.82, 2.24) is 0 Å². The van der Waals surface area contributed by atoms with Gasteiger partial charge in [-0.05, 0) is 29.3 Å². The molecule has 0 saturated carbocycles. The minimum Gasteiger partial charge on any atom is -0.508 e. The molecule has 0 saturated heterocycles. The summed E-state index contributed by atoms with van der Waals surface area (Å²) in [6, 6.07) is 14.8. The lowest BCUT2D eigenvalue weighted by Gasteiger charge is -2.18. The standard InChI is InChI=1S/C16H16O3/c17-13-6-3-4-11(8-13)9-14(18)16-10-12-5-1-2-7-15(12)19-16/h1-8,14,16-18H,9-10H2. The van der Waals surface area contributed by atoms with Gasteiger partial charge in [-0.1, -0.05) is 30.3 Å². The molecule has 2 N–H and O–H groups in total. The topological polar surface area (TPSA) is 49.7 Å². The van der Waals surface area contributed by atoms with Gasteiger partial charge in [0.15, 0.2) is 0 Å². The first-order valence-electron chi connectivity index (χ1n) is 6.43. The molecule has 0 bridgehead atoms. The molecule has 3 nitrogen and oxygen atoms in total. The van der Waals surface area contributed by atoms with Crippen molar-refractivity contribution < 1.29 is 14.9 Å². The highest BCUT2D eigenvalue weighted by Crippen LogP contribution is 2.30. The SMILES string of the molecule is Oc1cccc(CC(O)C2Cc3ccccc3O2)c1. The van der Waals surface area contributed by atoms with Crippen LogP contribution in [-0.2, 0) is 12.8 Å².